The third kappa shape index (κ3) is 3.22. The summed E-state index contributed by atoms with van der Waals surface area (Å²) < 4.78 is 0. The normalized spacial score (nSPS) is 51.4. The smallest absolute Gasteiger partial charge is 0.0622 e. The van der Waals surface area contributed by atoms with E-state index < -0.39 is 0 Å². The Morgan fingerprint density at radius 1 is 0.929 bits per heavy atom. The van der Waals surface area contributed by atoms with E-state index in [9.17, 15) is 5.11 Å². The molecule has 0 radical (unpaired) electrons. The molecular weight excluding hydrogens is 342 g/mol. The van der Waals surface area contributed by atoms with Crippen molar-refractivity contribution in [3.63, 3.8) is 0 Å². The Kier molecular flexibility index (Phi) is 4.99. The molecule has 5 aliphatic rings. The first-order valence-corrected chi connectivity index (χ1v) is 12.5. The van der Waals surface area contributed by atoms with Crippen molar-refractivity contribution in [2.45, 2.75) is 90.1 Å². The molecule has 0 bridgehead atoms. The van der Waals surface area contributed by atoms with Crippen LogP contribution in [0.3, 0.4) is 0 Å². The molecule has 0 aromatic carbocycles. The van der Waals surface area contributed by atoms with Gasteiger partial charge in [-0.05, 0) is 132 Å². The lowest BCUT2D eigenvalue weighted by Gasteiger charge is -2.57. The van der Waals surface area contributed by atoms with Crippen LogP contribution in [0.4, 0.5) is 0 Å². The highest BCUT2D eigenvalue weighted by Gasteiger charge is 2.57. The van der Waals surface area contributed by atoms with Gasteiger partial charge in [-0.3, -0.25) is 4.90 Å². The zero-order chi connectivity index (χ0) is 19.5. The molecule has 0 amide bonds. The number of likely N-dealkylation sites (tertiary alicyclic amines) is 1. The van der Waals surface area contributed by atoms with E-state index in [1.165, 1.54) is 77.4 Å². The van der Waals surface area contributed by atoms with E-state index in [0.717, 1.165) is 48.3 Å². The van der Waals surface area contributed by atoms with Crippen LogP contribution in [0.25, 0.3) is 0 Å². The van der Waals surface area contributed by atoms with Crippen LogP contribution in [0.1, 0.15) is 84.5 Å². The summed E-state index contributed by atoms with van der Waals surface area (Å²) in [6, 6.07) is 0. The summed E-state index contributed by atoms with van der Waals surface area (Å²) in [6.45, 7) is 13.1. The van der Waals surface area contributed by atoms with Crippen LogP contribution in [-0.4, -0.2) is 35.2 Å². The zero-order valence-electron chi connectivity index (χ0n) is 18.5. The average molecular weight is 386 g/mol. The maximum Gasteiger partial charge on any atom is 0.0622 e. The highest BCUT2D eigenvalue weighted by Crippen LogP contribution is 2.65. The van der Waals surface area contributed by atoms with Crippen LogP contribution < -0.4 is 0 Å². The summed E-state index contributed by atoms with van der Waals surface area (Å²) in [6.07, 6.45) is 14.7. The largest absolute Gasteiger partial charge is 0.390 e. The number of nitrogens with zero attached hydrogens (tertiary/aromatic N) is 1. The fraction of sp³-hybridized carbons (Fsp3) is 0.923. The molecule has 2 nitrogen and oxygen atoms in total. The standard InChI is InChI=1S/C26H43NO/c1-18(17-27-14-4-5-15-27)23-8-9-24-22-7-6-19-16-25(2,28)12-10-20(19)21(22)11-13-26(23,24)3/h19-24,28H,1,4-17H2,2-3H3/t19-,20+,21-,22-,23-,24+,25+,26-/m1/s1. The van der Waals surface area contributed by atoms with Crippen LogP contribution in [0.15, 0.2) is 12.2 Å². The topological polar surface area (TPSA) is 23.5 Å². The van der Waals surface area contributed by atoms with E-state index in [2.05, 4.69) is 25.3 Å². The summed E-state index contributed by atoms with van der Waals surface area (Å²) in [4.78, 5) is 2.66. The maximum absolute atomic E-state index is 10.6. The third-order valence-electron chi connectivity index (χ3n) is 10.4. The monoisotopic (exact) mass is 385 g/mol. The van der Waals surface area contributed by atoms with Crippen molar-refractivity contribution < 1.29 is 5.11 Å². The minimum atomic E-state index is -0.386. The first-order chi connectivity index (χ1) is 13.4. The van der Waals surface area contributed by atoms with Crippen LogP contribution in [0, 0.1) is 40.9 Å². The quantitative estimate of drug-likeness (QED) is 0.634. The Bertz CT molecular complexity index is 606. The Balaban J connectivity index is 1.29. The first-order valence-electron chi connectivity index (χ1n) is 12.5. The molecule has 4 aliphatic carbocycles. The van der Waals surface area contributed by atoms with Gasteiger partial charge in [-0.15, -0.1) is 0 Å². The van der Waals surface area contributed by atoms with Gasteiger partial charge < -0.3 is 5.11 Å². The van der Waals surface area contributed by atoms with Crippen molar-refractivity contribution in [1.82, 2.24) is 4.90 Å². The summed E-state index contributed by atoms with van der Waals surface area (Å²) >= 11 is 0. The number of hydrogen-bond acceptors (Lipinski definition) is 2. The second-order valence-electron chi connectivity index (χ2n) is 12.0. The summed E-state index contributed by atoms with van der Waals surface area (Å²) in [5.74, 6) is 5.34. The fourth-order valence-electron chi connectivity index (χ4n) is 9.09. The van der Waals surface area contributed by atoms with Crippen LogP contribution in [-0.2, 0) is 0 Å². The van der Waals surface area contributed by atoms with E-state index in [-0.39, 0.29) is 5.60 Å². The van der Waals surface area contributed by atoms with Crippen LogP contribution >= 0.6 is 0 Å². The van der Waals surface area contributed by atoms with Gasteiger partial charge >= 0.3 is 0 Å². The number of aliphatic hydroxyl groups is 1. The number of hydrogen-bond donors (Lipinski definition) is 1. The van der Waals surface area contributed by atoms with Gasteiger partial charge in [0.25, 0.3) is 0 Å². The highest BCUT2D eigenvalue weighted by molar-refractivity contribution is 5.17. The van der Waals surface area contributed by atoms with Gasteiger partial charge in [0.15, 0.2) is 0 Å². The lowest BCUT2D eigenvalue weighted by Crippen LogP contribution is -2.50. The molecule has 0 aromatic rings. The molecule has 1 heterocycles. The molecule has 5 rings (SSSR count). The maximum atomic E-state index is 10.6. The van der Waals surface area contributed by atoms with Crippen molar-refractivity contribution in [1.29, 1.82) is 0 Å². The van der Waals surface area contributed by atoms with Gasteiger partial charge in [-0.1, -0.05) is 19.1 Å². The minimum absolute atomic E-state index is 0.386. The molecule has 0 spiro atoms. The first kappa shape index (κ1) is 19.6. The number of fused-ring (bicyclic) bond motifs is 5. The lowest BCUT2D eigenvalue weighted by molar-refractivity contribution is -0.0979. The Hall–Kier alpha value is -0.340. The van der Waals surface area contributed by atoms with E-state index in [0.29, 0.717) is 5.41 Å². The Labute approximate surface area is 173 Å². The summed E-state index contributed by atoms with van der Waals surface area (Å²) in [5, 5.41) is 10.6. The lowest BCUT2D eigenvalue weighted by atomic mass is 9.49. The van der Waals surface area contributed by atoms with Crippen LogP contribution in [0.5, 0.6) is 0 Å². The van der Waals surface area contributed by atoms with Gasteiger partial charge in [-0.25, -0.2) is 0 Å². The number of rotatable bonds is 3. The molecule has 1 aliphatic heterocycles. The third-order valence-corrected chi connectivity index (χ3v) is 10.4. The molecule has 158 valence electrons. The Morgan fingerprint density at radius 3 is 2.46 bits per heavy atom. The molecule has 5 fully saturated rings. The molecule has 0 aromatic heterocycles. The van der Waals surface area contributed by atoms with E-state index >= 15 is 0 Å². The second kappa shape index (κ2) is 7.12. The van der Waals surface area contributed by atoms with Crippen molar-refractivity contribution in [2.24, 2.45) is 40.9 Å². The minimum Gasteiger partial charge on any atom is -0.390 e. The van der Waals surface area contributed by atoms with Crippen molar-refractivity contribution in [3.8, 4) is 0 Å². The van der Waals surface area contributed by atoms with E-state index in [1.807, 2.05) is 0 Å². The molecular formula is C26H43NO. The van der Waals surface area contributed by atoms with Crippen molar-refractivity contribution in [3.05, 3.63) is 12.2 Å². The average Bonchev–Trinajstić information content (AvgIpc) is 3.27. The van der Waals surface area contributed by atoms with Gasteiger partial charge in [0, 0.05) is 6.54 Å². The molecule has 1 saturated heterocycles. The van der Waals surface area contributed by atoms with Crippen molar-refractivity contribution >= 4 is 0 Å². The second-order valence-corrected chi connectivity index (χ2v) is 12.0. The highest BCUT2D eigenvalue weighted by atomic mass is 16.3. The van der Waals surface area contributed by atoms with Crippen LogP contribution in [0.2, 0.25) is 0 Å². The Morgan fingerprint density at radius 2 is 1.68 bits per heavy atom. The van der Waals surface area contributed by atoms with E-state index in [4.69, 9.17) is 0 Å². The fourth-order valence-corrected chi connectivity index (χ4v) is 9.09. The summed E-state index contributed by atoms with van der Waals surface area (Å²) in [7, 11) is 0. The molecule has 0 unspecified atom stereocenters. The van der Waals surface area contributed by atoms with Gasteiger partial charge in [-0.2, -0.15) is 0 Å². The molecule has 4 saturated carbocycles. The molecule has 1 N–H and O–H groups in total. The van der Waals surface area contributed by atoms with Gasteiger partial charge in [0.2, 0.25) is 0 Å². The molecule has 28 heavy (non-hydrogen) atoms. The SMILES string of the molecule is C=C(CN1CCCC1)[C@H]1CC[C@H]2[C@@H]3CC[C@@H]4C[C@@](C)(O)CC[C@@H]4[C@H]3CC[C@]12C. The zero-order valence-corrected chi connectivity index (χ0v) is 18.5. The van der Waals surface area contributed by atoms with Crippen molar-refractivity contribution in [2.75, 3.05) is 19.6 Å². The predicted molar refractivity (Wildman–Crippen MR) is 116 cm³/mol. The molecule has 8 atom stereocenters. The van der Waals surface area contributed by atoms with Gasteiger partial charge in [0.1, 0.15) is 0 Å². The van der Waals surface area contributed by atoms with E-state index in [1.54, 1.807) is 5.57 Å². The predicted octanol–water partition coefficient (Wildman–Crippen LogP) is 5.66. The summed E-state index contributed by atoms with van der Waals surface area (Å²) in [5.41, 5.74) is 1.70. The van der Waals surface area contributed by atoms with Gasteiger partial charge in [0.05, 0.1) is 5.60 Å². The molecule has 2 heteroatoms.